The summed E-state index contributed by atoms with van der Waals surface area (Å²) in [6.07, 6.45) is 3.86. The normalized spacial score (nSPS) is 21.1. The first kappa shape index (κ1) is 15.4. The number of carbonyl (C=O) groups is 1. The number of nitrogens with one attached hydrogen (secondary N) is 1. The van der Waals surface area contributed by atoms with Crippen molar-refractivity contribution < 1.29 is 13.9 Å². The van der Waals surface area contributed by atoms with Gasteiger partial charge in [-0.2, -0.15) is 9.49 Å². The van der Waals surface area contributed by atoms with Crippen LogP contribution < -0.4 is 11.1 Å². The van der Waals surface area contributed by atoms with Crippen molar-refractivity contribution >= 4 is 17.4 Å². The third kappa shape index (κ3) is 3.31. The van der Waals surface area contributed by atoms with Crippen molar-refractivity contribution in [3.05, 3.63) is 36.0 Å². The Hall–Kier alpha value is -2.48. The van der Waals surface area contributed by atoms with Crippen LogP contribution in [0, 0.1) is 11.9 Å². The molecule has 23 heavy (non-hydrogen) atoms. The number of ether oxygens (including phenoxy) is 1. The molecule has 122 valence electrons. The first-order valence-corrected chi connectivity index (χ1v) is 7.40. The van der Waals surface area contributed by atoms with Crippen molar-refractivity contribution in [2.75, 3.05) is 18.5 Å². The summed E-state index contributed by atoms with van der Waals surface area (Å²) in [6, 6.07) is 2.83. The van der Waals surface area contributed by atoms with E-state index in [4.69, 9.17) is 10.5 Å². The van der Waals surface area contributed by atoms with Gasteiger partial charge in [0.25, 0.3) is 5.91 Å². The van der Waals surface area contributed by atoms with Crippen LogP contribution in [0.2, 0.25) is 0 Å². The van der Waals surface area contributed by atoms with Gasteiger partial charge in [0.1, 0.15) is 5.56 Å². The molecule has 0 bridgehead atoms. The average molecular weight is 319 g/mol. The summed E-state index contributed by atoms with van der Waals surface area (Å²) in [4.78, 5) is 15.2. The van der Waals surface area contributed by atoms with E-state index in [1.54, 1.807) is 16.9 Å². The van der Waals surface area contributed by atoms with E-state index in [9.17, 15) is 9.18 Å². The number of carbonyl (C=O) groups excluding carboxylic acids is 1. The summed E-state index contributed by atoms with van der Waals surface area (Å²) in [5.74, 6) is -0.557. The molecule has 2 aromatic rings. The Kier molecular flexibility index (Phi) is 4.24. The monoisotopic (exact) mass is 319 g/mol. The van der Waals surface area contributed by atoms with Gasteiger partial charge < -0.3 is 15.8 Å². The lowest BCUT2D eigenvalue weighted by molar-refractivity contribution is 0.0238. The zero-order valence-electron chi connectivity index (χ0n) is 12.7. The van der Waals surface area contributed by atoms with E-state index in [2.05, 4.69) is 22.3 Å². The fraction of sp³-hybridized carbons (Fsp3) is 0.400. The Morgan fingerprint density at radius 1 is 1.57 bits per heavy atom. The van der Waals surface area contributed by atoms with E-state index < -0.39 is 11.9 Å². The van der Waals surface area contributed by atoms with Crippen molar-refractivity contribution in [3.8, 4) is 0 Å². The molecule has 0 spiro atoms. The number of rotatable bonds is 4. The van der Waals surface area contributed by atoms with Crippen LogP contribution in [0.4, 0.5) is 15.9 Å². The van der Waals surface area contributed by atoms with Gasteiger partial charge in [0, 0.05) is 30.8 Å². The third-order valence-electron chi connectivity index (χ3n) is 3.99. The third-order valence-corrected chi connectivity index (χ3v) is 3.99. The summed E-state index contributed by atoms with van der Waals surface area (Å²) in [7, 11) is 0. The average Bonchev–Trinajstić information content (AvgIpc) is 2.91. The van der Waals surface area contributed by atoms with Gasteiger partial charge in [-0.25, -0.2) is 4.98 Å². The van der Waals surface area contributed by atoms with Crippen molar-refractivity contribution in [2.45, 2.75) is 19.4 Å². The van der Waals surface area contributed by atoms with E-state index in [0.717, 1.165) is 13.0 Å². The summed E-state index contributed by atoms with van der Waals surface area (Å²) in [5.41, 5.74) is 6.12. The molecule has 0 aliphatic carbocycles. The van der Waals surface area contributed by atoms with Crippen LogP contribution in [0.1, 0.15) is 29.7 Å². The molecule has 2 unspecified atom stereocenters. The quantitative estimate of drug-likeness (QED) is 0.839. The number of aromatic nitrogens is 3. The summed E-state index contributed by atoms with van der Waals surface area (Å²) in [5, 5.41) is 7.33. The molecule has 1 fully saturated rings. The molecule has 2 atom stereocenters. The van der Waals surface area contributed by atoms with Crippen LogP contribution in [0.5, 0.6) is 0 Å². The molecule has 0 saturated carbocycles. The van der Waals surface area contributed by atoms with Crippen LogP contribution in [-0.2, 0) is 4.74 Å². The van der Waals surface area contributed by atoms with Crippen molar-refractivity contribution in [3.63, 3.8) is 0 Å². The van der Waals surface area contributed by atoms with Gasteiger partial charge in [-0.3, -0.25) is 9.48 Å². The lowest BCUT2D eigenvalue weighted by Crippen LogP contribution is -2.28. The van der Waals surface area contributed by atoms with E-state index in [1.807, 2.05) is 0 Å². The fourth-order valence-electron chi connectivity index (χ4n) is 2.62. The number of pyridine rings is 1. The Bertz CT molecular complexity index is 718. The Morgan fingerprint density at radius 3 is 3.09 bits per heavy atom. The molecule has 8 heteroatoms. The van der Waals surface area contributed by atoms with Gasteiger partial charge in [-0.1, -0.05) is 6.92 Å². The van der Waals surface area contributed by atoms with Crippen molar-refractivity contribution in [1.29, 1.82) is 0 Å². The Morgan fingerprint density at radius 2 is 2.39 bits per heavy atom. The summed E-state index contributed by atoms with van der Waals surface area (Å²) < 4.78 is 20.4. The van der Waals surface area contributed by atoms with Crippen LogP contribution in [0.3, 0.4) is 0 Å². The van der Waals surface area contributed by atoms with E-state index in [1.165, 1.54) is 12.3 Å². The molecule has 1 amide bonds. The number of amides is 1. The number of nitrogens with two attached hydrogens (primary N) is 1. The van der Waals surface area contributed by atoms with E-state index >= 15 is 0 Å². The summed E-state index contributed by atoms with van der Waals surface area (Å²) >= 11 is 0. The molecule has 7 nitrogen and oxygen atoms in total. The molecule has 0 radical (unpaired) electrons. The first-order chi connectivity index (χ1) is 11.0. The molecule has 2 aromatic heterocycles. The number of primary amides is 1. The van der Waals surface area contributed by atoms with Gasteiger partial charge in [0.05, 0.1) is 12.6 Å². The molecule has 3 N–H and O–H groups in total. The molecule has 0 aromatic carbocycles. The minimum absolute atomic E-state index is 0.0339. The number of hydrogen-bond donors (Lipinski definition) is 2. The predicted octanol–water partition coefficient (Wildman–Crippen LogP) is 1.86. The second-order valence-corrected chi connectivity index (χ2v) is 5.64. The first-order valence-electron chi connectivity index (χ1n) is 7.40. The zero-order chi connectivity index (χ0) is 16.4. The van der Waals surface area contributed by atoms with Gasteiger partial charge in [-0.05, 0) is 18.4 Å². The van der Waals surface area contributed by atoms with Crippen molar-refractivity contribution in [2.24, 2.45) is 11.7 Å². The molecule has 1 aliphatic heterocycles. The van der Waals surface area contributed by atoms with Crippen LogP contribution in [0.15, 0.2) is 24.5 Å². The molecule has 3 rings (SSSR count). The van der Waals surface area contributed by atoms with Crippen molar-refractivity contribution in [1.82, 2.24) is 14.8 Å². The van der Waals surface area contributed by atoms with Gasteiger partial charge in [-0.15, -0.1) is 0 Å². The minimum atomic E-state index is -0.621. The van der Waals surface area contributed by atoms with Crippen LogP contribution in [0.25, 0.3) is 0 Å². The maximum absolute atomic E-state index is 13.2. The predicted molar refractivity (Wildman–Crippen MR) is 81.9 cm³/mol. The van der Waals surface area contributed by atoms with Gasteiger partial charge >= 0.3 is 0 Å². The highest BCUT2D eigenvalue weighted by Gasteiger charge is 2.26. The van der Waals surface area contributed by atoms with Gasteiger partial charge in [0.2, 0.25) is 5.95 Å². The Labute approximate surface area is 132 Å². The van der Waals surface area contributed by atoms with Gasteiger partial charge in [0.15, 0.2) is 5.82 Å². The highest BCUT2D eigenvalue weighted by atomic mass is 19.1. The minimum Gasteiger partial charge on any atom is -0.379 e. The Balaban J connectivity index is 1.91. The number of anilines is 2. The SMILES string of the molecule is CC1CCOCC1n1cc(C(N)=O)c(Nc2ccnc(F)c2)n1. The largest absolute Gasteiger partial charge is 0.379 e. The smallest absolute Gasteiger partial charge is 0.254 e. The number of halogens is 1. The standard InChI is InChI=1S/C15H18FN5O2/c1-9-3-5-23-8-12(9)21-7-11(14(17)22)15(20-21)19-10-2-4-18-13(16)6-10/h2,4,6-7,9,12H,3,5,8H2,1H3,(H2,17,22)(H,18,19,20). The lowest BCUT2D eigenvalue weighted by atomic mass is 9.97. The molecule has 1 aliphatic rings. The lowest BCUT2D eigenvalue weighted by Gasteiger charge is -2.28. The molecular weight excluding hydrogens is 301 g/mol. The van der Waals surface area contributed by atoms with Crippen LogP contribution in [-0.4, -0.2) is 33.9 Å². The second-order valence-electron chi connectivity index (χ2n) is 5.64. The fourth-order valence-corrected chi connectivity index (χ4v) is 2.62. The maximum Gasteiger partial charge on any atom is 0.254 e. The molecule has 1 saturated heterocycles. The highest BCUT2D eigenvalue weighted by molar-refractivity contribution is 5.98. The van der Waals surface area contributed by atoms with Crippen LogP contribution >= 0.6 is 0 Å². The maximum atomic E-state index is 13.2. The molecular formula is C15H18FN5O2. The zero-order valence-corrected chi connectivity index (χ0v) is 12.7. The topological polar surface area (TPSA) is 95.1 Å². The van der Waals surface area contributed by atoms with E-state index in [0.29, 0.717) is 24.0 Å². The van der Waals surface area contributed by atoms with E-state index in [-0.39, 0.29) is 11.6 Å². The number of hydrogen-bond acceptors (Lipinski definition) is 5. The summed E-state index contributed by atoms with van der Waals surface area (Å²) in [6.45, 7) is 3.37. The number of nitrogens with zero attached hydrogens (tertiary/aromatic N) is 3. The highest BCUT2D eigenvalue weighted by Crippen LogP contribution is 2.28. The second kappa shape index (κ2) is 6.33. The molecule has 3 heterocycles.